The summed E-state index contributed by atoms with van der Waals surface area (Å²) in [6.07, 6.45) is 2.31. The van der Waals surface area contributed by atoms with E-state index in [4.69, 9.17) is 4.74 Å². The highest BCUT2D eigenvalue weighted by Gasteiger charge is 2.14. The highest BCUT2D eigenvalue weighted by molar-refractivity contribution is 5.94. The van der Waals surface area contributed by atoms with Gasteiger partial charge < -0.3 is 15.4 Å². The fraction of sp³-hybridized carbons (Fsp3) is 0.350. The van der Waals surface area contributed by atoms with E-state index in [1.807, 2.05) is 18.2 Å². The summed E-state index contributed by atoms with van der Waals surface area (Å²) in [5.41, 5.74) is 1.49. The van der Waals surface area contributed by atoms with Crippen molar-refractivity contribution in [1.29, 1.82) is 0 Å². The van der Waals surface area contributed by atoms with Gasteiger partial charge in [-0.25, -0.2) is 4.39 Å². The Hall–Kier alpha value is -2.40. The predicted octanol–water partition coefficient (Wildman–Crippen LogP) is 3.13. The van der Waals surface area contributed by atoms with Gasteiger partial charge in [-0.15, -0.1) is 0 Å². The molecule has 0 aromatic heterocycles. The van der Waals surface area contributed by atoms with E-state index in [1.165, 1.54) is 12.1 Å². The van der Waals surface area contributed by atoms with E-state index in [0.29, 0.717) is 23.8 Å². The van der Waals surface area contributed by atoms with Gasteiger partial charge in [0.1, 0.15) is 18.2 Å². The Morgan fingerprint density at radius 2 is 2.12 bits per heavy atom. The fourth-order valence-electron chi connectivity index (χ4n) is 2.96. The Morgan fingerprint density at radius 1 is 1.24 bits per heavy atom. The van der Waals surface area contributed by atoms with Gasteiger partial charge in [0.15, 0.2) is 0 Å². The first-order chi connectivity index (χ1) is 12.2. The first kappa shape index (κ1) is 17.4. The first-order valence-corrected chi connectivity index (χ1v) is 8.67. The molecule has 1 atom stereocenters. The number of hydrogen-bond acceptors (Lipinski definition) is 3. The van der Waals surface area contributed by atoms with Gasteiger partial charge in [0, 0.05) is 18.2 Å². The molecule has 0 radical (unpaired) electrons. The molecule has 1 aliphatic heterocycles. The van der Waals surface area contributed by atoms with Crippen molar-refractivity contribution in [3.8, 4) is 5.75 Å². The SMILES string of the molecule is O=C(NCC1CCCNC1)c1cccc(COc2cccc(F)c2)c1. The zero-order valence-electron chi connectivity index (χ0n) is 14.1. The van der Waals surface area contributed by atoms with E-state index in [1.54, 1.807) is 18.2 Å². The third-order valence-corrected chi connectivity index (χ3v) is 4.34. The van der Waals surface area contributed by atoms with Crippen LogP contribution >= 0.6 is 0 Å². The molecule has 2 aromatic rings. The molecule has 0 aliphatic carbocycles. The van der Waals surface area contributed by atoms with Crippen molar-refractivity contribution < 1.29 is 13.9 Å². The molecule has 5 heteroatoms. The van der Waals surface area contributed by atoms with Gasteiger partial charge >= 0.3 is 0 Å². The quantitative estimate of drug-likeness (QED) is 0.848. The zero-order chi connectivity index (χ0) is 17.5. The van der Waals surface area contributed by atoms with E-state index < -0.39 is 0 Å². The van der Waals surface area contributed by atoms with Crippen LogP contribution in [0.1, 0.15) is 28.8 Å². The number of rotatable bonds is 6. The predicted molar refractivity (Wildman–Crippen MR) is 95.1 cm³/mol. The molecule has 2 N–H and O–H groups in total. The van der Waals surface area contributed by atoms with Gasteiger partial charge in [0.2, 0.25) is 0 Å². The number of carbonyl (C=O) groups is 1. The summed E-state index contributed by atoms with van der Waals surface area (Å²) in [5, 5.41) is 6.36. The normalized spacial score (nSPS) is 17.1. The maximum absolute atomic E-state index is 13.2. The van der Waals surface area contributed by atoms with Gasteiger partial charge in [-0.05, 0) is 61.7 Å². The minimum absolute atomic E-state index is 0.0711. The molecule has 0 bridgehead atoms. The van der Waals surface area contributed by atoms with Crippen LogP contribution in [0.15, 0.2) is 48.5 Å². The lowest BCUT2D eigenvalue weighted by Gasteiger charge is -2.22. The average Bonchev–Trinajstić information content (AvgIpc) is 2.65. The van der Waals surface area contributed by atoms with Crippen molar-refractivity contribution >= 4 is 5.91 Å². The second-order valence-corrected chi connectivity index (χ2v) is 6.37. The minimum Gasteiger partial charge on any atom is -0.489 e. The Morgan fingerprint density at radius 3 is 2.92 bits per heavy atom. The molecule has 3 rings (SSSR count). The first-order valence-electron chi connectivity index (χ1n) is 8.67. The highest BCUT2D eigenvalue weighted by atomic mass is 19.1. The van der Waals surface area contributed by atoms with Crippen LogP contribution in [0.25, 0.3) is 0 Å². The molecule has 1 aliphatic rings. The van der Waals surface area contributed by atoms with Crippen molar-refractivity contribution in [3.05, 3.63) is 65.5 Å². The van der Waals surface area contributed by atoms with Crippen LogP contribution in [0.3, 0.4) is 0 Å². The summed E-state index contributed by atoms with van der Waals surface area (Å²) < 4.78 is 18.7. The van der Waals surface area contributed by atoms with Gasteiger partial charge in [-0.3, -0.25) is 4.79 Å². The number of hydrogen-bond donors (Lipinski definition) is 2. The van der Waals surface area contributed by atoms with E-state index in [0.717, 1.165) is 31.5 Å². The number of halogens is 1. The Kier molecular flexibility index (Phi) is 6.01. The van der Waals surface area contributed by atoms with E-state index >= 15 is 0 Å². The summed E-state index contributed by atoms with van der Waals surface area (Å²) in [6.45, 7) is 3.01. The summed E-state index contributed by atoms with van der Waals surface area (Å²) in [4.78, 5) is 12.3. The van der Waals surface area contributed by atoms with Crippen LogP contribution in [0.2, 0.25) is 0 Å². The third kappa shape index (κ3) is 5.29. The molecule has 0 spiro atoms. The fourth-order valence-corrected chi connectivity index (χ4v) is 2.96. The smallest absolute Gasteiger partial charge is 0.251 e. The van der Waals surface area contributed by atoms with E-state index in [2.05, 4.69) is 10.6 Å². The molecule has 1 amide bonds. The molecule has 4 nitrogen and oxygen atoms in total. The largest absolute Gasteiger partial charge is 0.489 e. The molecule has 0 saturated carbocycles. The molecule has 2 aromatic carbocycles. The summed E-state index contributed by atoms with van der Waals surface area (Å²) in [6, 6.07) is 13.4. The summed E-state index contributed by atoms with van der Waals surface area (Å²) >= 11 is 0. The Balaban J connectivity index is 1.54. The molecular weight excluding hydrogens is 319 g/mol. The lowest BCUT2D eigenvalue weighted by molar-refractivity contribution is 0.0944. The Bertz CT molecular complexity index is 714. The lowest BCUT2D eigenvalue weighted by Crippen LogP contribution is -2.38. The number of nitrogens with one attached hydrogen (secondary N) is 2. The molecule has 25 heavy (non-hydrogen) atoms. The number of benzene rings is 2. The van der Waals surface area contributed by atoms with Gasteiger partial charge in [-0.1, -0.05) is 18.2 Å². The van der Waals surface area contributed by atoms with E-state index in [9.17, 15) is 9.18 Å². The van der Waals surface area contributed by atoms with Crippen LogP contribution in [-0.2, 0) is 6.61 Å². The molecular formula is C20H23FN2O2. The maximum atomic E-state index is 13.2. The molecule has 1 heterocycles. The number of amides is 1. The van der Waals surface area contributed by atoms with Crippen LogP contribution in [0.5, 0.6) is 5.75 Å². The average molecular weight is 342 g/mol. The number of carbonyl (C=O) groups excluding carboxylic acids is 1. The maximum Gasteiger partial charge on any atom is 0.251 e. The minimum atomic E-state index is -0.331. The van der Waals surface area contributed by atoms with Crippen LogP contribution in [0, 0.1) is 11.7 Å². The number of piperidine rings is 1. The van der Waals surface area contributed by atoms with Crippen molar-refractivity contribution in [2.75, 3.05) is 19.6 Å². The highest BCUT2D eigenvalue weighted by Crippen LogP contribution is 2.15. The van der Waals surface area contributed by atoms with Gasteiger partial charge in [0.25, 0.3) is 5.91 Å². The lowest BCUT2D eigenvalue weighted by atomic mass is 9.99. The van der Waals surface area contributed by atoms with Crippen LogP contribution in [-0.4, -0.2) is 25.5 Å². The molecule has 132 valence electrons. The van der Waals surface area contributed by atoms with Crippen molar-refractivity contribution in [2.45, 2.75) is 19.4 Å². The summed E-state index contributed by atoms with van der Waals surface area (Å²) in [7, 11) is 0. The second kappa shape index (κ2) is 8.62. The van der Waals surface area contributed by atoms with Crippen LogP contribution in [0.4, 0.5) is 4.39 Å². The molecule has 1 fully saturated rings. The third-order valence-electron chi connectivity index (χ3n) is 4.34. The van der Waals surface area contributed by atoms with Crippen molar-refractivity contribution in [2.24, 2.45) is 5.92 Å². The van der Waals surface area contributed by atoms with Gasteiger partial charge in [-0.2, -0.15) is 0 Å². The van der Waals surface area contributed by atoms with E-state index in [-0.39, 0.29) is 18.3 Å². The topological polar surface area (TPSA) is 50.4 Å². The monoisotopic (exact) mass is 342 g/mol. The molecule has 1 saturated heterocycles. The second-order valence-electron chi connectivity index (χ2n) is 6.37. The summed E-state index contributed by atoms with van der Waals surface area (Å²) in [5.74, 6) is 0.567. The van der Waals surface area contributed by atoms with Gasteiger partial charge in [0.05, 0.1) is 0 Å². The Labute approximate surface area is 147 Å². The van der Waals surface area contributed by atoms with Crippen molar-refractivity contribution in [1.82, 2.24) is 10.6 Å². The van der Waals surface area contributed by atoms with Crippen LogP contribution < -0.4 is 15.4 Å². The number of ether oxygens (including phenoxy) is 1. The standard InChI is InChI=1S/C20H23FN2O2/c21-18-7-2-8-19(11-18)25-14-15-4-1-6-17(10-15)20(24)23-13-16-5-3-9-22-12-16/h1-2,4,6-8,10-11,16,22H,3,5,9,12-14H2,(H,23,24). The zero-order valence-corrected chi connectivity index (χ0v) is 14.1. The van der Waals surface area contributed by atoms with Crippen molar-refractivity contribution in [3.63, 3.8) is 0 Å². The molecule has 1 unspecified atom stereocenters.